The Morgan fingerprint density at radius 2 is 2.23 bits per heavy atom. The van der Waals surface area contributed by atoms with Crippen molar-refractivity contribution in [1.29, 1.82) is 5.26 Å². The fourth-order valence-corrected chi connectivity index (χ4v) is 1.31. The van der Waals surface area contributed by atoms with E-state index in [-0.39, 0.29) is 5.75 Å². The van der Waals surface area contributed by atoms with E-state index in [2.05, 4.69) is 0 Å². The van der Waals surface area contributed by atoms with Gasteiger partial charge in [0.05, 0.1) is 5.56 Å². The number of hydrogen-bond donors (Lipinski definition) is 1. The molecule has 1 aromatic rings. The summed E-state index contributed by atoms with van der Waals surface area (Å²) in [5.41, 5.74) is 1.23. The molecule has 0 aliphatic carbocycles. The zero-order chi connectivity index (χ0) is 9.68. The average molecular weight is 196 g/mol. The molecule has 0 fully saturated rings. The molecule has 1 aromatic carbocycles. The Labute approximate surface area is 82.4 Å². The minimum atomic E-state index is 0.0505. The van der Waals surface area contributed by atoms with Crippen LogP contribution in [0.2, 0.25) is 0 Å². The van der Waals surface area contributed by atoms with E-state index in [4.69, 9.17) is 16.9 Å². The number of rotatable bonds is 3. The van der Waals surface area contributed by atoms with Crippen LogP contribution in [0, 0.1) is 11.3 Å². The first-order valence-electron chi connectivity index (χ1n) is 4.06. The highest BCUT2D eigenvalue weighted by atomic mass is 35.5. The molecular weight excluding hydrogens is 186 g/mol. The number of phenolic OH excluding ortho intramolecular Hbond substituents is 1. The third-order valence-corrected chi connectivity index (χ3v) is 2.09. The number of nitriles is 1. The average Bonchev–Trinajstić information content (AvgIpc) is 2.15. The van der Waals surface area contributed by atoms with Crippen molar-refractivity contribution in [2.75, 3.05) is 5.88 Å². The van der Waals surface area contributed by atoms with Crippen LogP contribution in [-0.4, -0.2) is 11.0 Å². The van der Waals surface area contributed by atoms with E-state index in [1.165, 1.54) is 6.07 Å². The van der Waals surface area contributed by atoms with Gasteiger partial charge in [0.2, 0.25) is 0 Å². The number of alkyl halides is 1. The number of halogens is 1. The number of nitrogens with zero attached hydrogens (tertiary/aromatic N) is 1. The Morgan fingerprint density at radius 3 is 2.85 bits per heavy atom. The van der Waals surface area contributed by atoms with Crippen molar-refractivity contribution in [3.63, 3.8) is 0 Å². The van der Waals surface area contributed by atoms with Crippen molar-refractivity contribution in [1.82, 2.24) is 0 Å². The summed E-state index contributed by atoms with van der Waals surface area (Å²) in [6.45, 7) is 0. The van der Waals surface area contributed by atoms with Crippen molar-refractivity contribution in [2.45, 2.75) is 12.8 Å². The van der Waals surface area contributed by atoms with Gasteiger partial charge in [-0.2, -0.15) is 5.26 Å². The van der Waals surface area contributed by atoms with Crippen LogP contribution in [0.4, 0.5) is 0 Å². The van der Waals surface area contributed by atoms with Gasteiger partial charge in [0, 0.05) is 5.88 Å². The van der Waals surface area contributed by atoms with Crippen LogP contribution in [0.5, 0.6) is 5.75 Å². The normalized spacial score (nSPS) is 9.54. The molecule has 0 aliphatic heterocycles. The van der Waals surface area contributed by atoms with Gasteiger partial charge in [0.1, 0.15) is 11.8 Å². The molecule has 0 aromatic heterocycles. The van der Waals surface area contributed by atoms with Gasteiger partial charge >= 0.3 is 0 Å². The molecule has 13 heavy (non-hydrogen) atoms. The molecule has 0 saturated heterocycles. The molecule has 0 heterocycles. The van der Waals surface area contributed by atoms with E-state index >= 15 is 0 Å². The Morgan fingerprint density at radius 1 is 1.46 bits per heavy atom. The van der Waals surface area contributed by atoms with Crippen LogP contribution in [0.25, 0.3) is 0 Å². The number of aryl methyl sites for hydroxylation is 1. The standard InChI is InChI=1S/C10H10ClNO/c11-6-2-4-8-3-1-5-10(13)9(8)7-12/h1,3,5,13H,2,4,6H2. The van der Waals surface area contributed by atoms with E-state index in [9.17, 15) is 5.11 Å². The molecule has 0 spiro atoms. The lowest BCUT2D eigenvalue weighted by atomic mass is 10.0. The summed E-state index contributed by atoms with van der Waals surface area (Å²) in [4.78, 5) is 0. The van der Waals surface area contributed by atoms with E-state index in [0.717, 1.165) is 18.4 Å². The van der Waals surface area contributed by atoms with E-state index in [1.54, 1.807) is 6.07 Å². The predicted octanol–water partition coefficient (Wildman–Crippen LogP) is 2.44. The molecule has 68 valence electrons. The van der Waals surface area contributed by atoms with Gasteiger partial charge in [-0.25, -0.2) is 0 Å². The summed E-state index contributed by atoms with van der Waals surface area (Å²) in [5.74, 6) is 0.620. The first-order chi connectivity index (χ1) is 6.29. The second kappa shape index (κ2) is 4.74. The lowest BCUT2D eigenvalue weighted by Gasteiger charge is -2.03. The van der Waals surface area contributed by atoms with Crippen LogP contribution < -0.4 is 0 Å². The Bertz CT molecular complexity index is 330. The van der Waals surface area contributed by atoms with Crippen molar-refractivity contribution >= 4 is 11.6 Å². The summed E-state index contributed by atoms with van der Waals surface area (Å²) in [6, 6.07) is 7.07. The molecule has 0 radical (unpaired) electrons. The molecule has 2 nitrogen and oxygen atoms in total. The smallest absolute Gasteiger partial charge is 0.133 e. The largest absolute Gasteiger partial charge is 0.507 e. The highest BCUT2D eigenvalue weighted by molar-refractivity contribution is 6.17. The van der Waals surface area contributed by atoms with Crippen molar-refractivity contribution < 1.29 is 5.11 Å². The maximum Gasteiger partial charge on any atom is 0.133 e. The molecule has 1 N–H and O–H groups in total. The molecule has 0 saturated carbocycles. The molecular formula is C10H10ClNO. The first kappa shape index (κ1) is 9.88. The molecule has 0 atom stereocenters. The SMILES string of the molecule is N#Cc1c(O)cccc1CCCCl. The second-order valence-electron chi connectivity index (χ2n) is 2.72. The molecule has 3 heteroatoms. The Hall–Kier alpha value is -1.20. The van der Waals surface area contributed by atoms with Gasteiger partial charge in [-0.05, 0) is 24.5 Å². The number of aromatic hydroxyl groups is 1. The summed E-state index contributed by atoms with van der Waals surface area (Å²) in [7, 11) is 0. The summed E-state index contributed by atoms with van der Waals surface area (Å²) in [6.07, 6.45) is 1.56. The molecule has 1 rings (SSSR count). The van der Waals surface area contributed by atoms with Crippen molar-refractivity contribution in [3.8, 4) is 11.8 Å². The third kappa shape index (κ3) is 2.37. The maximum atomic E-state index is 9.34. The fraction of sp³-hybridized carbons (Fsp3) is 0.300. The van der Waals surface area contributed by atoms with Crippen LogP contribution in [0.1, 0.15) is 17.5 Å². The molecule has 0 bridgehead atoms. The van der Waals surface area contributed by atoms with Crippen molar-refractivity contribution in [2.24, 2.45) is 0 Å². The van der Waals surface area contributed by atoms with Crippen LogP contribution in [-0.2, 0) is 6.42 Å². The molecule has 0 aliphatic rings. The maximum absolute atomic E-state index is 9.34. The van der Waals surface area contributed by atoms with Crippen LogP contribution in [0.3, 0.4) is 0 Å². The molecule has 0 amide bonds. The van der Waals surface area contributed by atoms with Crippen LogP contribution in [0.15, 0.2) is 18.2 Å². The van der Waals surface area contributed by atoms with Gasteiger partial charge in [0.15, 0.2) is 0 Å². The van der Waals surface area contributed by atoms with Crippen LogP contribution >= 0.6 is 11.6 Å². The fourth-order valence-electron chi connectivity index (χ4n) is 1.18. The zero-order valence-electron chi connectivity index (χ0n) is 7.13. The monoisotopic (exact) mass is 195 g/mol. The summed E-state index contributed by atoms with van der Waals surface area (Å²) < 4.78 is 0. The summed E-state index contributed by atoms with van der Waals surface area (Å²) in [5, 5.41) is 18.1. The summed E-state index contributed by atoms with van der Waals surface area (Å²) >= 11 is 5.54. The lowest BCUT2D eigenvalue weighted by molar-refractivity contribution is 0.472. The van der Waals surface area contributed by atoms with Gasteiger partial charge in [-0.15, -0.1) is 11.6 Å². The van der Waals surface area contributed by atoms with E-state index in [1.807, 2.05) is 12.1 Å². The van der Waals surface area contributed by atoms with E-state index in [0.29, 0.717) is 11.4 Å². The van der Waals surface area contributed by atoms with Gasteiger partial charge in [-0.1, -0.05) is 12.1 Å². The zero-order valence-corrected chi connectivity index (χ0v) is 7.88. The van der Waals surface area contributed by atoms with Gasteiger partial charge in [0.25, 0.3) is 0 Å². The predicted molar refractivity (Wildman–Crippen MR) is 51.9 cm³/mol. The quantitative estimate of drug-likeness (QED) is 0.753. The minimum absolute atomic E-state index is 0.0505. The van der Waals surface area contributed by atoms with Crippen molar-refractivity contribution in [3.05, 3.63) is 29.3 Å². The lowest BCUT2D eigenvalue weighted by Crippen LogP contribution is -1.91. The second-order valence-corrected chi connectivity index (χ2v) is 3.09. The van der Waals surface area contributed by atoms with E-state index < -0.39 is 0 Å². The highest BCUT2D eigenvalue weighted by Crippen LogP contribution is 2.20. The minimum Gasteiger partial charge on any atom is -0.507 e. The number of benzene rings is 1. The molecule has 0 unspecified atom stereocenters. The number of phenols is 1. The van der Waals surface area contributed by atoms with Gasteiger partial charge in [-0.3, -0.25) is 0 Å². The number of hydrogen-bond acceptors (Lipinski definition) is 2. The first-order valence-corrected chi connectivity index (χ1v) is 4.60. The topological polar surface area (TPSA) is 44.0 Å². The Kier molecular flexibility index (Phi) is 3.60. The Balaban J connectivity index is 2.93. The van der Waals surface area contributed by atoms with Gasteiger partial charge < -0.3 is 5.11 Å². The third-order valence-electron chi connectivity index (χ3n) is 1.82. The highest BCUT2D eigenvalue weighted by Gasteiger charge is 2.05.